The molecule has 1 aliphatic rings. The lowest BCUT2D eigenvalue weighted by Gasteiger charge is -2.23. The van der Waals surface area contributed by atoms with E-state index in [0.717, 1.165) is 31.4 Å². The predicted molar refractivity (Wildman–Crippen MR) is 99.9 cm³/mol. The fraction of sp³-hybridized carbons (Fsp3) is 0.316. The molecule has 4 nitrogen and oxygen atoms in total. The molecule has 0 saturated carbocycles. The van der Waals surface area contributed by atoms with Gasteiger partial charge in [0, 0.05) is 17.9 Å². The lowest BCUT2D eigenvalue weighted by molar-refractivity contribution is 0.102. The van der Waals surface area contributed by atoms with Crippen molar-refractivity contribution < 1.29 is 9.18 Å². The molecule has 0 aliphatic carbocycles. The molecule has 2 aromatic rings. The second-order valence-electron chi connectivity index (χ2n) is 6.23. The SMILES string of the molecule is O=C(Nc1cccc(NCC2CCNCC2)c1)c1ccc(F)cc1Cl. The normalized spacial score (nSPS) is 15.0. The molecule has 1 amide bonds. The van der Waals surface area contributed by atoms with Gasteiger partial charge in [-0.25, -0.2) is 4.39 Å². The standard InChI is InChI=1S/C19H21ClFN3O/c20-18-10-14(21)4-5-17(18)19(25)24-16-3-1-2-15(11-16)23-12-13-6-8-22-9-7-13/h1-5,10-11,13,22-23H,6-9,12H2,(H,24,25). The highest BCUT2D eigenvalue weighted by molar-refractivity contribution is 6.34. The first kappa shape index (κ1) is 17.7. The minimum Gasteiger partial charge on any atom is -0.385 e. The Morgan fingerprint density at radius 1 is 1.16 bits per heavy atom. The molecule has 1 aliphatic heterocycles. The molecule has 1 saturated heterocycles. The zero-order valence-corrected chi connectivity index (χ0v) is 14.6. The van der Waals surface area contributed by atoms with Crippen LogP contribution in [0.3, 0.4) is 0 Å². The van der Waals surface area contributed by atoms with E-state index in [9.17, 15) is 9.18 Å². The monoisotopic (exact) mass is 361 g/mol. The van der Waals surface area contributed by atoms with E-state index in [1.807, 2.05) is 24.3 Å². The number of halogens is 2. The molecule has 25 heavy (non-hydrogen) atoms. The topological polar surface area (TPSA) is 53.2 Å². The van der Waals surface area contributed by atoms with E-state index in [0.29, 0.717) is 11.6 Å². The van der Waals surface area contributed by atoms with E-state index in [1.165, 1.54) is 25.0 Å². The number of nitrogens with one attached hydrogen (secondary N) is 3. The fourth-order valence-corrected chi connectivity index (χ4v) is 3.18. The van der Waals surface area contributed by atoms with Gasteiger partial charge in [0.05, 0.1) is 10.6 Å². The summed E-state index contributed by atoms with van der Waals surface area (Å²) in [6.07, 6.45) is 2.35. The zero-order chi connectivity index (χ0) is 17.6. The van der Waals surface area contributed by atoms with Gasteiger partial charge >= 0.3 is 0 Å². The molecule has 2 aromatic carbocycles. The molecule has 132 valence electrons. The van der Waals surface area contributed by atoms with Gasteiger partial charge in [-0.1, -0.05) is 17.7 Å². The van der Waals surface area contributed by atoms with E-state index in [4.69, 9.17) is 11.6 Å². The molecule has 0 unspecified atom stereocenters. The van der Waals surface area contributed by atoms with Gasteiger partial charge in [0.25, 0.3) is 5.91 Å². The number of benzene rings is 2. The van der Waals surface area contributed by atoms with Gasteiger partial charge in [0.15, 0.2) is 0 Å². The average Bonchev–Trinajstić information content (AvgIpc) is 2.61. The largest absolute Gasteiger partial charge is 0.385 e. The molecular weight excluding hydrogens is 341 g/mol. The molecule has 6 heteroatoms. The minimum absolute atomic E-state index is 0.0951. The number of carbonyl (C=O) groups excluding carboxylic acids is 1. The van der Waals surface area contributed by atoms with Gasteiger partial charge in [-0.3, -0.25) is 4.79 Å². The van der Waals surface area contributed by atoms with Crippen molar-refractivity contribution in [3.05, 3.63) is 58.9 Å². The summed E-state index contributed by atoms with van der Waals surface area (Å²) in [5.41, 5.74) is 1.87. The molecule has 0 spiro atoms. The minimum atomic E-state index is -0.467. The Balaban J connectivity index is 1.61. The van der Waals surface area contributed by atoms with E-state index in [-0.39, 0.29) is 16.5 Å². The first-order valence-corrected chi connectivity index (χ1v) is 8.80. The van der Waals surface area contributed by atoms with Crippen LogP contribution in [-0.4, -0.2) is 25.5 Å². The maximum absolute atomic E-state index is 13.1. The Hall–Kier alpha value is -2.11. The molecule has 0 radical (unpaired) electrons. The Kier molecular flexibility index (Phi) is 5.89. The molecule has 0 aromatic heterocycles. The second kappa shape index (κ2) is 8.32. The Morgan fingerprint density at radius 2 is 1.92 bits per heavy atom. The number of piperidine rings is 1. The maximum Gasteiger partial charge on any atom is 0.257 e. The summed E-state index contributed by atoms with van der Waals surface area (Å²) in [6.45, 7) is 3.06. The van der Waals surface area contributed by atoms with Crippen LogP contribution in [-0.2, 0) is 0 Å². The molecule has 1 fully saturated rings. The molecule has 0 bridgehead atoms. The van der Waals surface area contributed by atoms with Crippen LogP contribution in [0.1, 0.15) is 23.2 Å². The van der Waals surface area contributed by atoms with Gasteiger partial charge in [0.1, 0.15) is 5.82 Å². The van der Waals surface area contributed by atoms with Gasteiger partial charge in [-0.05, 0) is 68.2 Å². The van der Waals surface area contributed by atoms with Gasteiger partial charge in [-0.2, -0.15) is 0 Å². The molecule has 1 heterocycles. The number of amides is 1. The summed E-state index contributed by atoms with van der Waals surface area (Å²) in [6, 6.07) is 11.3. The highest BCUT2D eigenvalue weighted by Crippen LogP contribution is 2.21. The molecule has 0 atom stereocenters. The highest BCUT2D eigenvalue weighted by atomic mass is 35.5. The van der Waals surface area contributed by atoms with E-state index in [2.05, 4.69) is 16.0 Å². The van der Waals surface area contributed by atoms with Crippen LogP contribution in [0.2, 0.25) is 5.02 Å². The van der Waals surface area contributed by atoms with Crippen LogP contribution in [0.4, 0.5) is 15.8 Å². The quantitative estimate of drug-likeness (QED) is 0.750. The number of carbonyl (C=O) groups is 1. The van der Waals surface area contributed by atoms with Gasteiger partial charge in [0.2, 0.25) is 0 Å². The molecule has 3 rings (SSSR count). The van der Waals surface area contributed by atoms with Crippen molar-refractivity contribution >= 4 is 28.9 Å². The second-order valence-corrected chi connectivity index (χ2v) is 6.64. The summed E-state index contributed by atoms with van der Waals surface area (Å²) >= 11 is 5.94. The highest BCUT2D eigenvalue weighted by Gasteiger charge is 2.13. The van der Waals surface area contributed by atoms with Crippen LogP contribution in [0.25, 0.3) is 0 Å². The van der Waals surface area contributed by atoms with Crippen molar-refractivity contribution in [3.8, 4) is 0 Å². The smallest absolute Gasteiger partial charge is 0.257 e. The summed E-state index contributed by atoms with van der Waals surface area (Å²) in [4.78, 5) is 12.3. The third-order valence-corrected chi connectivity index (χ3v) is 4.66. The summed E-state index contributed by atoms with van der Waals surface area (Å²) in [5, 5.41) is 9.69. The predicted octanol–water partition coefficient (Wildman–Crippen LogP) is 4.14. The lowest BCUT2D eigenvalue weighted by Crippen LogP contribution is -2.31. The first-order chi connectivity index (χ1) is 12.1. The van der Waals surface area contributed by atoms with Crippen LogP contribution >= 0.6 is 11.6 Å². The average molecular weight is 362 g/mol. The number of rotatable bonds is 5. The number of hydrogen-bond acceptors (Lipinski definition) is 3. The van der Waals surface area contributed by atoms with E-state index < -0.39 is 5.82 Å². The Labute approximate surface area is 151 Å². The van der Waals surface area contributed by atoms with Crippen LogP contribution in [0, 0.1) is 11.7 Å². The van der Waals surface area contributed by atoms with Crippen molar-refractivity contribution in [1.82, 2.24) is 5.32 Å². The van der Waals surface area contributed by atoms with Crippen molar-refractivity contribution in [2.45, 2.75) is 12.8 Å². The maximum atomic E-state index is 13.1. The Bertz CT molecular complexity index is 747. The first-order valence-electron chi connectivity index (χ1n) is 8.43. The summed E-state index contributed by atoms with van der Waals surface area (Å²) < 4.78 is 13.1. The van der Waals surface area contributed by atoms with Crippen molar-refractivity contribution in [2.75, 3.05) is 30.3 Å². The van der Waals surface area contributed by atoms with E-state index >= 15 is 0 Å². The van der Waals surface area contributed by atoms with Crippen LogP contribution in [0.5, 0.6) is 0 Å². The third kappa shape index (κ3) is 4.94. The van der Waals surface area contributed by atoms with E-state index in [1.54, 1.807) is 0 Å². The van der Waals surface area contributed by atoms with Gasteiger partial charge < -0.3 is 16.0 Å². The van der Waals surface area contributed by atoms with Crippen molar-refractivity contribution in [3.63, 3.8) is 0 Å². The zero-order valence-electron chi connectivity index (χ0n) is 13.8. The molecule has 3 N–H and O–H groups in total. The Morgan fingerprint density at radius 3 is 2.68 bits per heavy atom. The van der Waals surface area contributed by atoms with Gasteiger partial charge in [-0.15, -0.1) is 0 Å². The number of anilines is 2. The molecular formula is C19H21ClFN3O. The number of hydrogen-bond donors (Lipinski definition) is 3. The van der Waals surface area contributed by atoms with Crippen LogP contribution in [0.15, 0.2) is 42.5 Å². The van der Waals surface area contributed by atoms with Crippen LogP contribution < -0.4 is 16.0 Å². The lowest BCUT2D eigenvalue weighted by atomic mass is 9.98. The summed E-state index contributed by atoms with van der Waals surface area (Å²) in [5.74, 6) is -0.163. The summed E-state index contributed by atoms with van der Waals surface area (Å²) in [7, 11) is 0. The third-order valence-electron chi connectivity index (χ3n) is 4.35. The fourth-order valence-electron chi connectivity index (χ4n) is 2.93. The van der Waals surface area contributed by atoms with Crippen molar-refractivity contribution in [2.24, 2.45) is 5.92 Å². The van der Waals surface area contributed by atoms with Crippen molar-refractivity contribution in [1.29, 1.82) is 0 Å².